The van der Waals surface area contributed by atoms with Gasteiger partial charge >= 0.3 is 0 Å². The maximum Gasteiger partial charge on any atom is 0.293 e. The molecule has 0 unspecified atom stereocenters. The highest BCUT2D eigenvalue weighted by Crippen LogP contribution is 1.98. The van der Waals surface area contributed by atoms with Crippen LogP contribution in [-0.2, 0) is 24.5 Å². The third-order valence-corrected chi connectivity index (χ3v) is 3.45. The highest BCUT2D eigenvalue weighted by Gasteiger charge is 2.11. The monoisotopic (exact) mass is 308 g/mol. The summed E-state index contributed by atoms with van der Waals surface area (Å²) in [5.41, 5.74) is 0. The van der Waals surface area contributed by atoms with Gasteiger partial charge in [-0.25, -0.2) is 0 Å². The molecule has 0 rings (SSSR count). The zero-order valence-electron chi connectivity index (χ0n) is 11.4. The van der Waals surface area contributed by atoms with Crippen molar-refractivity contribution in [2.24, 2.45) is 0 Å². The van der Waals surface area contributed by atoms with E-state index >= 15 is 0 Å². The van der Waals surface area contributed by atoms with E-state index in [2.05, 4.69) is 0 Å². The topological polar surface area (TPSA) is 112 Å². The summed E-state index contributed by atoms with van der Waals surface area (Å²) in [6.45, 7) is 1.40. The predicted octanol–water partition coefficient (Wildman–Crippen LogP) is -0.840. The average Bonchev–Trinajstić information content (AvgIpc) is 2.38. The minimum Gasteiger partial charge on any atom is -0.306 e. The van der Waals surface area contributed by atoms with Gasteiger partial charge in [-0.1, -0.05) is 0 Å². The molecule has 0 aromatic carbocycles. The van der Waals surface area contributed by atoms with Crippen LogP contribution in [0.15, 0.2) is 0 Å². The van der Waals surface area contributed by atoms with Crippen molar-refractivity contribution in [3.05, 3.63) is 0 Å². The van der Waals surface area contributed by atoms with E-state index in [9.17, 15) is 22.8 Å². The van der Waals surface area contributed by atoms with Crippen LogP contribution in [0.2, 0.25) is 0 Å². The summed E-state index contributed by atoms with van der Waals surface area (Å²) in [5.74, 6) is -1.12. The van der Waals surface area contributed by atoms with Crippen LogP contribution >= 0.6 is 0 Å². The number of hydrogen-bond acceptors (Lipinski definition) is 6. The third kappa shape index (κ3) is 9.59. The van der Waals surface area contributed by atoms with Gasteiger partial charge in [0.25, 0.3) is 16.0 Å². The zero-order chi connectivity index (χ0) is 15.6. The molecular weight excluding hydrogens is 288 g/mol. The van der Waals surface area contributed by atoms with Crippen molar-refractivity contribution in [2.45, 2.75) is 19.3 Å². The molecule has 0 aliphatic rings. The normalized spacial score (nSPS) is 11.3. The van der Waals surface area contributed by atoms with Crippen LogP contribution in [0.4, 0.5) is 0 Å². The number of unbranched alkanes of at least 4 members (excludes halogenated alkanes) is 1. The lowest BCUT2D eigenvalue weighted by atomic mass is 10.3. The standard InChI is InChI=1S/C11H20N2O6S/c1-12(5-2-3-8-20(17,18)19)6-4-7-13(10-15)11(16)9-14/h9-10H,2-8H2,1H3,(H,17,18,19). The quantitative estimate of drug-likeness (QED) is 0.229. The molecule has 0 aliphatic heterocycles. The minimum atomic E-state index is -3.90. The molecule has 2 amide bonds. The number of rotatable bonds is 11. The lowest BCUT2D eigenvalue weighted by Gasteiger charge is -2.18. The van der Waals surface area contributed by atoms with E-state index in [0.717, 1.165) is 4.90 Å². The number of carbonyl (C=O) groups excluding carboxylic acids is 3. The van der Waals surface area contributed by atoms with Gasteiger partial charge in [-0.3, -0.25) is 23.8 Å². The van der Waals surface area contributed by atoms with Crippen molar-refractivity contribution >= 4 is 28.7 Å². The molecule has 0 spiro atoms. The van der Waals surface area contributed by atoms with Crippen molar-refractivity contribution in [1.29, 1.82) is 0 Å². The van der Waals surface area contributed by atoms with Crippen molar-refractivity contribution in [2.75, 3.05) is 32.4 Å². The second kappa shape index (κ2) is 9.56. The molecule has 20 heavy (non-hydrogen) atoms. The van der Waals surface area contributed by atoms with Crippen LogP contribution in [0.25, 0.3) is 0 Å². The van der Waals surface area contributed by atoms with Gasteiger partial charge in [0.1, 0.15) is 0 Å². The fraction of sp³-hybridized carbons (Fsp3) is 0.727. The zero-order valence-corrected chi connectivity index (χ0v) is 12.2. The highest BCUT2D eigenvalue weighted by molar-refractivity contribution is 7.85. The molecule has 0 aromatic heterocycles. The molecule has 0 bridgehead atoms. The molecule has 0 heterocycles. The van der Waals surface area contributed by atoms with Crippen molar-refractivity contribution in [1.82, 2.24) is 9.80 Å². The minimum absolute atomic E-state index is 0.0907. The van der Waals surface area contributed by atoms with Crippen LogP contribution in [0.5, 0.6) is 0 Å². The molecule has 0 atom stereocenters. The Balaban J connectivity index is 3.77. The second-order valence-corrected chi connectivity index (χ2v) is 5.98. The molecule has 0 aliphatic carbocycles. The van der Waals surface area contributed by atoms with Gasteiger partial charge in [-0.2, -0.15) is 8.42 Å². The maximum absolute atomic E-state index is 11.0. The fourth-order valence-corrected chi connectivity index (χ4v) is 2.14. The number of nitrogens with zero attached hydrogens (tertiary/aromatic N) is 2. The van der Waals surface area contributed by atoms with E-state index in [1.165, 1.54) is 0 Å². The van der Waals surface area contributed by atoms with E-state index in [4.69, 9.17) is 4.55 Å². The first-order valence-electron chi connectivity index (χ1n) is 6.15. The van der Waals surface area contributed by atoms with Gasteiger partial charge in [0, 0.05) is 6.54 Å². The number of aldehydes is 1. The lowest BCUT2D eigenvalue weighted by Crippen LogP contribution is -2.33. The first-order chi connectivity index (χ1) is 9.30. The van der Waals surface area contributed by atoms with Gasteiger partial charge < -0.3 is 4.90 Å². The Morgan fingerprint density at radius 3 is 2.20 bits per heavy atom. The Labute approximate surface area is 118 Å². The third-order valence-electron chi connectivity index (χ3n) is 2.64. The van der Waals surface area contributed by atoms with Crippen molar-refractivity contribution in [3.8, 4) is 0 Å². The summed E-state index contributed by atoms with van der Waals surface area (Å²) in [4.78, 5) is 34.4. The molecule has 1 N–H and O–H groups in total. The fourth-order valence-electron chi connectivity index (χ4n) is 1.57. The second-order valence-electron chi connectivity index (χ2n) is 4.40. The molecule has 0 radical (unpaired) electrons. The summed E-state index contributed by atoms with van der Waals surface area (Å²) in [6.07, 6.45) is 1.91. The highest BCUT2D eigenvalue weighted by atomic mass is 32.2. The summed E-state index contributed by atoms with van der Waals surface area (Å²) in [7, 11) is -2.08. The first-order valence-corrected chi connectivity index (χ1v) is 7.76. The smallest absolute Gasteiger partial charge is 0.293 e. The lowest BCUT2D eigenvalue weighted by molar-refractivity contribution is -0.143. The van der Waals surface area contributed by atoms with Crippen molar-refractivity contribution in [3.63, 3.8) is 0 Å². The van der Waals surface area contributed by atoms with Crippen LogP contribution in [0, 0.1) is 0 Å². The average molecular weight is 308 g/mol. The van der Waals surface area contributed by atoms with Gasteiger partial charge in [-0.15, -0.1) is 0 Å². The Morgan fingerprint density at radius 1 is 1.10 bits per heavy atom. The summed E-state index contributed by atoms with van der Waals surface area (Å²) in [5, 5.41) is 0. The molecule has 8 nitrogen and oxygen atoms in total. The van der Waals surface area contributed by atoms with Crippen molar-refractivity contribution < 1.29 is 27.4 Å². The van der Waals surface area contributed by atoms with Crippen LogP contribution < -0.4 is 0 Å². The molecule has 9 heteroatoms. The van der Waals surface area contributed by atoms with Gasteiger partial charge in [0.2, 0.25) is 12.7 Å². The largest absolute Gasteiger partial charge is 0.306 e. The maximum atomic E-state index is 11.0. The van der Waals surface area contributed by atoms with E-state index in [1.54, 1.807) is 0 Å². The Bertz CT molecular complexity index is 423. The Kier molecular flexibility index (Phi) is 8.93. The van der Waals surface area contributed by atoms with E-state index in [-0.39, 0.29) is 18.6 Å². The molecular formula is C11H20N2O6S. The SMILES string of the molecule is CN(CCCCS(=O)(=O)O)CCCN(C=O)C(=O)C=O. The van der Waals surface area contributed by atoms with Gasteiger partial charge in [0.05, 0.1) is 5.75 Å². The van der Waals surface area contributed by atoms with E-state index in [1.807, 2.05) is 11.9 Å². The summed E-state index contributed by atoms with van der Waals surface area (Å²) in [6, 6.07) is 0. The van der Waals surface area contributed by atoms with E-state index in [0.29, 0.717) is 38.8 Å². The molecule has 0 saturated carbocycles. The van der Waals surface area contributed by atoms with E-state index < -0.39 is 16.0 Å². The number of amides is 2. The molecule has 0 aromatic rings. The molecule has 116 valence electrons. The predicted molar refractivity (Wildman–Crippen MR) is 71.6 cm³/mol. The van der Waals surface area contributed by atoms with Gasteiger partial charge in [-0.05, 0) is 39.4 Å². The summed E-state index contributed by atoms with van der Waals surface area (Å²) >= 11 is 0. The molecule has 0 saturated heterocycles. The van der Waals surface area contributed by atoms with Gasteiger partial charge in [0.15, 0.2) is 0 Å². The first kappa shape index (κ1) is 18.7. The molecule has 0 fully saturated rings. The number of carbonyl (C=O) groups is 3. The van der Waals surface area contributed by atoms with Crippen LogP contribution in [0.1, 0.15) is 19.3 Å². The van der Waals surface area contributed by atoms with Crippen LogP contribution in [-0.4, -0.2) is 73.8 Å². The Hall–Kier alpha value is -1.32. The summed E-state index contributed by atoms with van der Waals surface area (Å²) < 4.78 is 29.5. The number of imide groups is 1. The van der Waals surface area contributed by atoms with Crippen LogP contribution in [0.3, 0.4) is 0 Å². The Morgan fingerprint density at radius 2 is 1.70 bits per heavy atom. The number of hydrogen-bond donors (Lipinski definition) is 1.